The van der Waals surface area contributed by atoms with Crippen LogP contribution in [0, 0.1) is 0 Å². The molecule has 0 aliphatic carbocycles. The lowest BCUT2D eigenvalue weighted by molar-refractivity contribution is -0.346. The SMILES string of the molecule is CCCCCC/C=C\CCCCCCCCCCO[C@H]1[C@H](OC[C@H]2O[C@H](OCCOP(=O)(O)O)[C@H](OCCCCCCCCCCCC)[C@@H](OCCCCCCCCCCCC)[C@@H]2OCCOP(=O)(O)O)O[C@H](COC)[C@@H](OP(=O)(O)O)[C@@H]1OCC[C@H](CCCCCCC)OC. The Kier molecular flexibility index (Phi) is 57.3. The highest BCUT2D eigenvalue weighted by molar-refractivity contribution is 7.46. The summed E-state index contributed by atoms with van der Waals surface area (Å²) < 4.78 is 124. The molecule has 2 saturated heterocycles. The van der Waals surface area contributed by atoms with Crippen LogP contribution in [-0.4, -0.2) is 177 Å². The summed E-state index contributed by atoms with van der Waals surface area (Å²) in [4.78, 5) is 59.6. The Labute approximate surface area is 580 Å². The van der Waals surface area contributed by atoms with Crippen molar-refractivity contribution in [3.05, 3.63) is 12.2 Å². The molecule has 2 fully saturated rings. The Hall–Kier alpha value is -0.370. The molecule has 11 atom stereocenters. The second-order valence-electron chi connectivity index (χ2n) is 26.3. The standard InChI is InChI=1S/C70H139O23P3/c1-7-11-15-19-22-25-28-29-30-31-32-33-36-39-43-47-52-84-68-66(85-53-49-60(81-6)48-44-40-18-14-10-4)64(93-96(77,78)79)61(58-80-5)91-70(68)88-59-62-63(86-54-56-89-94(71,72)73)65(82-50-45-41-37-34-26-23-20-16-12-8-2)67(69(92-62)87-55-57-90-95(74,75)76)83-51-46-42-38-35-27-24-21-17-13-9-3/h25,28,60-70H,7-24,26-27,29-59H2,1-6H3,(H2,71,72,73)(H2,74,75,76)(H2,77,78,79)/b28-25-/t60-,61+,62+,63+,64+,65-,66-,67+,68+,69-,70+/m0/s1. The van der Waals surface area contributed by atoms with Gasteiger partial charge in [-0.15, -0.1) is 0 Å². The van der Waals surface area contributed by atoms with Crippen molar-refractivity contribution >= 4 is 23.5 Å². The van der Waals surface area contributed by atoms with E-state index in [4.69, 9.17) is 65.7 Å². The summed E-state index contributed by atoms with van der Waals surface area (Å²) >= 11 is 0. The van der Waals surface area contributed by atoms with Gasteiger partial charge in [-0.2, -0.15) is 0 Å². The number of hydrogen-bond donors (Lipinski definition) is 6. The lowest BCUT2D eigenvalue weighted by Gasteiger charge is -2.48. The topological polar surface area (TPSA) is 302 Å². The molecule has 96 heavy (non-hydrogen) atoms. The summed E-state index contributed by atoms with van der Waals surface area (Å²) in [5, 5.41) is 0. The van der Waals surface area contributed by atoms with E-state index < -0.39 is 98.1 Å². The molecule has 0 amide bonds. The van der Waals surface area contributed by atoms with E-state index in [1.807, 2.05) is 0 Å². The van der Waals surface area contributed by atoms with Gasteiger partial charge in [0.25, 0.3) is 0 Å². The van der Waals surface area contributed by atoms with Crippen LogP contribution in [0.1, 0.15) is 291 Å². The molecule has 0 saturated carbocycles. The zero-order valence-electron chi connectivity index (χ0n) is 60.5. The maximum atomic E-state index is 12.9. The van der Waals surface area contributed by atoms with Crippen LogP contribution in [0.15, 0.2) is 12.2 Å². The molecule has 0 spiro atoms. The molecule has 0 unspecified atom stereocenters. The Morgan fingerprint density at radius 2 is 0.677 bits per heavy atom. The molecule has 26 heteroatoms. The van der Waals surface area contributed by atoms with Gasteiger partial charge in [-0.05, 0) is 57.8 Å². The van der Waals surface area contributed by atoms with E-state index in [-0.39, 0.29) is 59.0 Å². The van der Waals surface area contributed by atoms with Crippen molar-refractivity contribution in [3.63, 3.8) is 0 Å². The molecule has 2 aliphatic heterocycles. The Morgan fingerprint density at radius 1 is 0.333 bits per heavy atom. The van der Waals surface area contributed by atoms with Gasteiger partial charge >= 0.3 is 23.5 Å². The van der Waals surface area contributed by atoms with Crippen molar-refractivity contribution in [2.45, 2.75) is 358 Å². The summed E-state index contributed by atoms with van der Waals surface area (Å²) in [5.74, 6) is 0. The molecular weight excluding hydrogens is 1300 g/mol. The highest BCUT2D eigenvalue weighted by Gasteiger charge is 2.53. The van der Waals surface area contributed by atoms with Gasteiger partial charge in [0.05, 0.1) is 45.7 Å². The fourth-order valence-electron chi connectivity index (χ4n) is 12.4. The molecule has 6 N–H and O–H groups in total. The maximum Gasteiger partial charge on any atom is 0.470 e. The Morgan fingerprint density at radius 3 is 1.09 bits per heavy atom. The minimum atomic E-state index is -5.21. The first-order valence-corrected chi connectivity index (χ1v) is 42.4. The summed E-state index contributed by atoms with van der Waals surface area (Å²) in [5.41, 5.74) is 0. The van der Waals surface area contributed by atoms with E-state index in [1.165, 1.54) is 116 Å². The molecule has 23 nitrogen and oxygen atoms in total. The van der Waals surface area contributed by atoms with Gasteiger partial charge in [-0.25, -0.2) is 13.7 Å². The highest BCUT2D eigenvalue weighted by Crippen LogP contribution is 2.44. The average Bonchev–Trinajstić information content (AvgIpc) is 0.797. The summed E-state index contributed by atoms with van der Waals surface area (Å²) in [6.07, 6.45) is 36.9. The molecule has 0 radical (unpaired) electrons. The van der Waals surface area contributed by atoms with Gasteiger partial charge in [0.15, 0.2) is 12.6 Å². The molecule has 0 aromatic carbocycles. The van der Waals surface area contributed by atoms with Crippen molar-refractivity contribution in [2.24, 2.45) is 0 Å². The fourth-order valence-corrected chi connectivity index (χ4v) is 13.6. The summed E-state index contributed by atoms with van der Waals surface area (Å²) in [6.45, 7) is 7.43. The highest BCUT2D eigenvalue weighted by atomic mass is 31.2. The van der Waals surface area contributed by atoms with E-state index >= 15 is 0 Å². The number of allylic oxidation sites excluding steroid dienone is 2. The third-order valence-electron chi connectivity index (χ3n) is 17.8. The lowest BCUT2D eigenvalue weighted by atomic mass is 9.97. The molecule has 2 aliphatic rings. The Bertz CT molecular complexity index is 1930. The van der Waals surface area contributed by atoms with Crippen LogP contribution in [0.2, 0.25) is 0 Å². The number of phosphoric ester groups is 3. The van der Waals surface area contributed by atoms with E-state index in [0.717, 1.165) is 128 Å². The molecule has 572 valence electrons. The zero-order chi connectivity index (χ0) is 70.2. The van der Waals surface area contributed by atoms with Crippen molar-refractivity contribution in [2.75, 3.05) is 80.3 Å². The van der Waals surface area contributed by atoms with E-state index in [1.54, 1.807) is 7.11 Å². The number of ether oxygens (including phenoxy) is 11. The van der Waals surface area contributed by atoms with Gasteiger partial charge in [0.1, 0.15) is 48.8 Å². The molecular formula is C70H139O23P3. The first kappa shape index (κ1) is 91.7. The summed E-state index contributed by atoms with van der Waals surface area (Å²) in [7, 11) is -11.9. The molecule has 0 aromatic rings. The second kappa shape index (κ2) is 60.0. The van der Waals surface area contributed by atoms with Crippen LogP contribution in [0.4, 0.5) is 0 Å². The van der Waals surface area contributed by atoms with Gasteiger partial charge in [-0.3, -0.25) is 13.6 Å². The number of methoxy groups -OCH3 is 2. The van der Waals surface area contributed by atoms with Crippen molar-refractivity contribution in [1.29, 1.82) is 0 Å². The van der Waals surface area contributed by atoms with E-state index in [0.29, 0.717) is 25.7 Å². The van der Waals surface area contributed by atoms with E-state index in [9.17, 15) is 43.1 Å². The molecule has 2 heterocycles. The van der Waals surface area contributed by atoms with Crippen LogP contribution in [0.25, 0.3) is 0 Å². The van der Waals surface area contributed by atoms with Gasteiger partial charge in [0, 0.05) is 40.6 Å². The number of unbranched alkanes of at least 4 members (excludes halogenated alkanes) is 34. The number of hydrogen-bond acceptors (Lipinski definition) is 17. The maximum absolute atomic E-state index is 12.9. The first-order chi connectivity index (χ1) is 46.4. The predicted octanol–water partition coefficient (Wildman–Crippen LogP) is 16.4. The van der Waals surface area contributed by atoms with Crippen molar-refractivity contribution in [3.8, 4) is 0 Å². The average molecular weight is 1440 g/mol. The normalized spacial score (nSPS) is 22.5. The van der Waals surface area contributed by atoms with Gasteiger partial charge in [0.2, 0.25) is 0 Å². The second-order valence-corrected chi connectivity index (χ2v) is 30.0. The van der Waals surface area contributed by atoms with Crippen LogP contribution in [-0.2, 0) is 79.4 Å². The van der Waals surface area contributed by atoms with Gasteiger partial charge < -0.3 is 81.5 Å². The molecule has 0 aromatic heterocycles. The smallest absolute Gasteiger partial charge is 0.382 e. The Balaban J connectivity index is 2.61. The van der Waals surface area contributed by atoms with Gasteiger partial charge in [-0.1, -0.05) is 245 Å². The number of rotatable bonds is 69. The minimum absolute atomic E-state index is 0.0996. The monoisotopic (exact) mass is 1440 g/mol. The van der Waals surface area contributed by atoms with Crippen LogP contribution in [0.5, 0.6) is 0 Å². The van der Waals surface area contributed by atoms with Crippen molar-refractivity contribution < 1.29 is 109 Å². The summed E-state index contributed by atoms with van der Waals surface area (Å²) in [6, 6.07) is 0. The van der Waals surface area contributed by atoms with Crippen molar-refractivity contribution in [1.82, 2.24) is 0 Å². The van der Waals surface area contributed by atoms with E-state index in [2.05, 4.69) is 39.8 Å². The lowest BCUT2D eigenvalue weighted by Crippen LogP contribution is -2.64. The predicted molar refractivity (Wildman–Crippen MR) is 375 cm³/mol. The van der Waals surface area contributed by atoms with Crippen LogP contribution < -0.4 is 0 Å². The fraction of sp³-hybridized carbons (Fsp3) is 0.971. The minimum Gasteiger partial charge on any atom is -0.382 e. The zero-order valence-corrected chi connectivity index (χ0v) is 63.2. The molecule has 0 bridgehead atoms. The molecule has 2 rings (SSSR count). The third kappa shape index (κ3) is 48.6. The quantitative estimate of drug-likeness (QED) is 0.0187. The first-order valence-electron chi connectivity index (χ1n) is 37.8. The largest absolute Gasteiger partial charge is 0.470 e. The van der Waals surface area contributed by atoms with Crippen LogP contribution in [0.3, 0.4) is 0 Å². The van der Waals surface area contributed by atoms with Crippen LogP contribution >= 0.6 is 23.5 Å². The number of phosphoric acid groups is 3. The third-order valence-corrected chi connectivity index (χ3v) is 19.3.